The van der Waals surface area contributed by atoms with E-state index in [0.29, 0.717) is 0 Å². The zero-order valence-electron chi connectivity index (χ0n) is 13.5. The molecule has 1 saturated heterocycles. The van der Waals surface area contributed by atoms with Gasteiger partial charge in [-0.15, -0.1) is 0 Å². The van der Waals surface area contributed by atoms with Crippen LogP contribution in [0.3, 0.4) is 0 Å². The third-order valence-corrected chi connectivity index (χ3v) is 6.08. The third-order valence-electron chi connectivity index (χ3n) is 6.08. The SMILES string of the molecule is CCN(C1CCCCC1)C1(CN)CC(C)N(C2CC2)C1. The van der Waals surface area contributed by atoms with Crippen molar-refractivity contribution in [3.05, 3.63) is 0 Å². The highest BCUT2D eigenvalue weighted by atomic mass is 15.3. The number of hydrogen-bond donors (Lipinski definition) is 1. The molecule has 2 unspecified atom stereocenters. The van der Waals surface area contributed by atoms with E-state index in [1.807, 2.05) is 0 Å². The fraction of sp³-hybridized carbons (Fsp3) is 1.00. The van der Waals surface area contributed by atoms with E-state index in [0.717, 1.165) is 24.7 Å². The summed E-state index contributed by atoms with van der Waals surface area (Å²) in [5, 5.41) is 0. The van der Waals surface area contributed by atoms with Crippen molar-refractivity contribution >= 4 is 0 Å². The topological polar surface area (TPSA) is 32.5 Å². The molecule has 3 fully saturated rings. The molecule has 0 aromatic heterocycles. The second-order valence-corrected chi connectivity index (χ2v) is 7.46. The van der Waals surface area contributed by atoms with Gasteiger partial charge in [0, 0.05) is 36.8 Å². The molecule has 0 spiro atoms. The van der Waals surface area contributed by atoms with E-state index in [-0.39, 0.29) is 5.54 Å². The van der Waals surface area contributed by atoms with Gasteiger partial charge in [0.25, 0.3) is 0 Å². The summed E-state index contributed by atoms with van der Waals surface area (Å²) in [6, 6.07) is 2.40. The number of nitrogens with two attached hydrogens (primary N) is 1. The van der Waals surface area contributed by atoms with Gasteiger partial charge < -0.3 is 5.73 Å². The summed E-state index contributed by atoms with van der Waals surface area (Å²) < 4.78 is 0. The highest BCUT2D eigenvalue weighted by Gasteiger charge is 2.50. The first kappa shape index (κ1) is 14.8. The minimum absolute atomic E-state index is 0.263. The molecule has 0 bridgehead atoms. The Kier molecular flexibility index (Phi) is 4.40. The lowest BCUT2D eigenvalue weighted by Crippen LogP contribution is -2.59. The van der Waals surface area contributed by atoms with Gasteiger partial charge in [-0.3, -0.25) is 9.80 Å². The van der Waals surface area contributed by atoms with E-state index in [9.17, 15) is 0 Å². The van der Waals surface area contributed by atoms with Crippen LogP contribution in [-0.2, 0) is 0 Å². The van der Waals surface area contributed by atoms with E-state index in [1.165, 1.54) is 64.5 Å². The molecule has 1 aliphatic heterocycles. The minimum Gasteiger partial charge on any atom is -0.329 e. The van der Waals surface area contributed by atoms with Crippen LogP contribution in [0.5, 0.6) is 0 Å². The summed E-state index contributed by atoms with van der Waals surface area (Å²) in [6.45, 7) is 8.00. The van der Waals surface area contributed by atoms with Crippen LogP contribution in [0.4, 0.5) is 0 Å². The number of rotatable bonds is 5. The van der Waals surface area contributed by atoms with Crippen LogP contribution in [0, 0.1) is 0 Å². The summed E-state index contributed by atoms with van der Waals surface area (Å²) in [5.41, 5.74) is 6.59. The number of likely N-dealkylation sites (N-methyl/N-ethyl adjacent to an activating group) is 1. The molecule has 1 heterocycles. The Bertz CT molecular complexity index is 322. The van der Waals surface area contributed by atoms with Crippen molar-refractivity contribution in [1.82, 2.24) is 9.80 Å². The van der Waals surface area contributed by atoms with Gasteiger partial charge in [-0.1, -0.05) is 26.2 Å². The van der Waals surface area contributed by atoms with Crippen LogP contribution in [0.25, 0.3) is 0 Å². The first-order valence-electron chi connectivity index (χ1n) is 8.93. The molecule has 2 saturated carbocycles. The molecule has 0 aromatic carbocycles. The normalized spacial score (nSPS) is 36.9. The highest BCUT2D eigenvalue weighted by molar-refractivity contribution is 5.08. The zero-order valence-corrected chi connectivity index (χ0v) is 13.5. The van der Waals surface area contributed by atoms with Crippen LogP contribution in [0.1, 0.15) is 65.2 Å². The van der Waals surface area contributed by atoms with Gasteiger partial charge in [-0.2, -0.15) is 0 Å². The Balaban J connectivity index is 1.75. The molecule has 0 aromatic rings. The first-order chi connectivity index (χ1) is 9.70. The number of hydrogen-bond acceptors (Lipinski definition) is 3. The quantitative estimate of drug-likeness (QED) is 0.839. The maximum atomic E-state index is 6.33. The Labute approximate surface area is 124 Å². The predicted molar refractivity (Wildman–Crippen MR) is 84.8 cm³/mol. The fourth-order valence-corrected chi connectivity index (χ4v) is 4.97. The highest BCUT2D eigenvalue weighted by Crippen LogP contribution is 2.41. The van der Waals surface area contributed by atoms with E-state index < -0.39 is 0 Å². The summed E-state index contributed by atoms with van der Waals surface area (Å²) in [5.74, 6) is 0. The second-order valence-electron chi connectivity index (χ2n) is 7.46. The van der Waals surface area contributed by atoms with Gasteiger partial charge >= 0.3 is 0 Å². The summed E-state index contributed by atoms with van der Waals surface area (Å²) in [4.78, 5) is 5.57. The Morgan fingerprint density at radius 1 is 1.15 bits per heavy atom. The molecule has 2 atom stereocenters. The van der Waals surface area contributed by atoms with E-state index in [4.69, 9.17) is 5.73 Å². The van der Waals surface area contributed by atoms with Crippen molar-refractivity contribution in [2.45, 2.75) is 88.9 Å². The van der Waals surface area contributed by atoms with Crippen LogP contribution < -0.4 is 5.73 Å². The van der Waals surface area contributed by atoms with Gasteiger partial charge in [0.15, 0.2) is 0 Å². The van der Waals surface area contributed by atoms with Gasteiger partial charge in [-0.25, -0.2) is 0 Å². The molecule has 3 nitrogen and oxygen atoms in total. The van der Waals surface area contributed by atoms with Crippen LogP contribution in [0.15, 0.2) is 0 Å². The molecular formula is C17H33N3. The van der Waals surface area contributed by atoms with E-state index in [1.54, 1.807) is 0 Å². The van der Waals surface area contributed by atoms with Crippen LogP contribution in [0.2, 0.25) is 0 Å². The molecule has 116 valence electrons. The smallest absolute Gasteiger partial charge is 0.0476 e. The van der Waals surface area contributed by atoms with Crippen molar-refractivity contribution in [2.24, 2.45) is 5.73 Å². The average Bonchev–Trinajstić information content (AvgIpc) is 3.26. The molecule has 2 aliphatic carbocycles. The molecule has 3 rings (SSSR count). The fourth-order valence-electron chi connectivity index (χ4n) is 4.97. The maximum Gasteiger partial charge on any atom is 0.0476 e. The number of likely N-dealkylation sites (tertiary alicyclic amines) is 1. The molecule has 3 heteroatoms. The summed E-state index contributed by atoms with van der Waals surface area (Å²) in [7, 11) is 0. The lowest BCUT2D eigenvalue weighted by Gasteiger charge is -2.46. The maximum absolute atomic E-state index is 6.33. The molecule has 20 heavy (non-hydrogen) atoms. The minimum atomic E-state index is 0.263. The third kappa shape index (κ3) is 2.65. The lowest BCUT2D eigenvalue weighted by molar-refractivity contribution is 0.0398. The van der Waals surface area contributed by atoms with Gasteiger partial charge in [0.05, 0.1) is 0 Å². The molecule has 0 amide bonds. The van der Waals surface area contributed by atoms with Crippen molar-refractivity contribution in [3.8, 4) is 0 Å². The Morgan fingerprint density at radius 3 is 2.40 bits per heavy atom. The van der Waals surface area contributed by atoms with E-state index >= 15 is 0 Å². The monoisotopic (exact) mass is 279 g/mol. The number of nitrogens with zero attached hydrogens (tertiary/aromatic N) is 2. The van der Waals surface area contributed by atoms with Crippen molar-refractivity contribution in [2.75, 3.05) is 19.6 Å². The van der Waals surface area contributed by atoms with Crippen LogP contribution >= 0.6 is 0 Å². The lowest BCUT2D eigenvalue weighted by atomic mass is 9.87. The molecular weight excluding hydrogens is 246 g/mol. The van der Waals surface area contributed by atoms with E-state index in [2.05, 4.69) is 23.6 Å². The van der Waals surface area contributed by atoms with Crippen LogP contribution in [-0.4, -0.2) is 53.1 Å². The average molecular weight is 279 g/mol. The Morgan fingerprint density at radius 2 is 1.85 bits per heavy atom. The van der Waals surface area contributed by atoms with Gasteiger partial charge in [0.2, 0.25) is 0 Å². The molecule has 2 N–H and O–H groups in total. The van der Waals surface area contributed by atoms with Gasteiger partial charge in [0.1, 0.15) is 0 Å². The Hall–Kier alpha value is -0.120. The molecule has 0 radical (unpaired) electrons. The first-order valence-corrected chi connectivity index (χ1v) is 8.93. The van der Waals surface area contributed by atoms with Gasteiger partial charge in [-0.05, 0) is 45.6 Å². The summed E-state index contributed by atoms with van der Waals surface area (Å²) in [6.07, 6.45) is 11.2. The summed E-state index contributed by atoms with van der Waals surface area (Å²) >= 11 is 0. The van der Waals surface area contributed by atoms with Crippen molar-refractivity contribution in [3.63, 3.8) is 0 Å². The largest absolute Gasteiger partial charge is 0.329 e. The predicted octanol–water partition coefficient (Wildman–Crippen LogP) is 2.60. The second kappa shape index (κ2) is 5.94. The molecule has 3 aliphatic rings. The van der Waals surface area contributed by atoms with Crippen molar-refractivity contribution in [1.29, 1.82) is 0 Å². The standard InChI is InChI=1S/C17H33N3/c1-3-20(16-7-5-4-6-8-16)17(12-18)11-14(2)19(13-17)15-9-10-15/h14-16H,3-13,18H2,1-2H3. The zero-order chi connectivity index (χ0) is 14.2. The van der Waals surface area contributed by atoms with Crippen molar-refractivity contribution < 1.29 is 0 Å².